The number of piperidine rings is 1. The Morgan fingerprint density at radius 2 is 2.20 bits per heavy atom. The molecule has 2 atom stereocenters. The van der Waals surface area contributed by atoms with Gasteiger partial charge in [0.15, 0.2) is 0 Å². The molecule has 0 amide bonds. The number of halogens is 1. The number of nitrogens with one attached hydrogen (secondary N) is 1. The Bertz CT molecular complexity index is 470. The third-order valence-corrected chi connectivity index (χ3v) is 3.99. The van der Waals surface area contributed by atoms with Crippen LogP contribution in [0.25, 0.3) is 6.08 Å². The van der Waals surface area contributed by atoms with Gasteiger partial charge in [0.2, 0.25) is 0 Å². The molecule has 2 rings (SSSR count). The fraction of sp³-hybridized carbons (Fsp3) is 0.438. The van der Waals surface area contributed by atoms with Crippen LogP contribution in [-0.4, -0.2) is 26.2 Å². The molecule has 0 spiro atoms. The highest BCUT2D eigenvalue weighted by Gasteiger charge is 2.31. The first-order valence-corrected chi connectivity index (χ1v) is 7.32. The van der Waals surface area contributed by atoms with Crippen LogP contribution in [0.2, 0.25) is 0 Å². The molecule has 0 aliphatic carbocycles. The molecule has 1 heterocycles. The average molecular weight is 294 g/mol. The van der Waals surface area contributed by atoms with Gasteiger partial charge in [-0.05, 0) is 42.5 Å². The molecule has 2 unspecified atom stereocenters. The minimum absolute atomic E-state index is 0.0452. The molecule has 3 nitrogen and oxygen atoms in total. The predicted octanol–water partition coefficient (Wildman–Crippen LogP) is 2.84. The Labute approximate surface area is 125 Å². The summed E-state index contributed by atoms with van der Waals surface area (Å²) in [5.41, 5.74) is 3.84. The Morgan fingerprint density at radius 3 is 2.85 bits per heavy atom. The van der Waals surface area contributed by atoms with Crippen LogP contribution >= 0.6 is 11.6 Å². The standard InChI is InChI=1S/C16H20ClNO2/c1-20-16(19)15-11-18-9-7-14(15)10-13-4-2-12(3-5-13)6-8-17/h2-6,8,14-15,18H,7,9-11H2,1H3. The first-order valence-electron chi connectivity index (χ1n) is 6.89. The van der Waals surface area contributed by atoms with Gasteiger partial charge in [0, 0.05) is 12.1 Å². The van der Waals surface area contributed by atoms with Crippen molar-refractivity contribution in [2.75, 3.05) is 20.2 Å². The van der Waals surface area contributed by atoms with Crippen molar-refractivity contribution in [3.63, 3.8) is 0 Å². The summed E-state index contributed by atoms with van der Waals surface area (Å²) in [6.07, 6.45) is 3.77. The maximum Gasteiger partial charge on any atom is 0.310 e. The van der Waals surface area contributed by atoms with Gasteiger partial charge in [-0.1, -0.05) is 35.9 Å². The lowest BCUT2D eigenvalue weighted by Gasteiger charge is -2.30. The molecule has 1 aliphatic heterocycles. The summed E-state index contributed by atoms with van der Waals surface area (Å²) >= 11 is 5.56. The zero-order chi connectivity index (χ0) is 14.4. The van der Waals surface area contributed by atoms with Gasteiger partial charge in [0.25, 0.3) is 0 Å². The molecular formula is C16H20ClNO2. The van der Waals surface area contributed by atoms with Crippen LogP contribution < -0.4 is 5.32 Å². The molecule has 0 aromatic heterocycles. The molecule has 108 valence electrons. The molecule has 0 radical (unpaired) electrons. The number of hydrogen-bond acceptors (Lipinski definition) is 3. The molecule has 1 fully saturated rings. The van der Waals surface area contributed by atoms with E-state index in [4.69, 9.17) is 16.3 Å². The molecule has 1 saturated heterocycles. The van der Waals surface area contributed by atoms with Crippen molar-refractivity contribution >= 4 is 23.6 Å². The van der Waals surface area contributed by atoms with E-state index in [0.717, 1.165) is 24.9 Å². The summed E-state index contributed by atoms with van der Waals surface area (Å²) in [5.74, 6) is 0.193. The van der Waals surface area contributed by atoms with Crippen molar-refractivity contribution in [1.82, 2.24) is 5.32 Å². The monoisotopic (exact) mass is 293 g/mol. The number of carbonyl (C=O) groups is 1. The summed E-state index contributed by atoms with van der Waals surface area (Å²) in [6.45, 7) is 1.68. The lowest BCUT2D eigenvalue weighted by molar-refractivity contribution is -0.148. The summed E-state index contributed by atoms with van der Waals surface area (Å²) in [6, 6.07) is 8.29. The Balaban J connectivity index is 2.04. The van der Waals surface area contributed by atoms with Crippen LogP contribution in [0.3, 0.4) is 0 Å². The van der Waals surface area contributed by atoms with Crippen LogP contribution in [0.15, 0.2) is 29.8 Å². The van der Waals surface area contributed by atoms with Crippen molar-refractivity contribution in [3.8, 4) is 0 Å². The topological polar surface area (TPSA) is 38.3 Å². The lowest BCUT2D eigenvalue weighted by atomic mass is 9.82. The molecule has 1 aromatic carbocycles. The Morgan fingerprint density at radius 1 is 1.45 bits per heavy atom. The third-order valence-electron chi connectivity index (χ3n) is 3.86. The molecule has 20 heavy (non-hydrogen) atoms. The second-order valence-electron chi connectivity index (χ2n) is 5.12. The summed E-state index contributed by atoms with van der Waals surface area (Å²) in [5, 5.41) is 3.27. The first-order chi connectivity index (χ1) is 9.74. The molecule has 1 aliphatic rings. The van der Waals surface area contributed by atoms with Crippen molar-refractivity contribution in [2.24, 2.45) is 11.8 Å². The van der Waals surface area contributed by atoms with Gasteiger partial charge in [-0.25, -0.2) is 0 Å². The molecule has 1 aromatic rings. The number of carbonyl (C=O) groups excluding carboxylic acids is 1. The molecule has 0 saturated carbocycles. The largest absolute Gasteiger partial charge is 0.469 e. The first kappa shape index (κ1) is 15.1. The molecule has 4 heteroatoms. The van der Waals surface area contributed by atoms with E-state index >= 15 is 0 Å². The zero-order valence-corrected chi connectivity index (χ0v) is 12.4. The average Bonchev–Trinajstić information content (AvgIpc) is 2.49. The van der Waals surface area contributed by atoms with Crippen molar-refractivity contribution in [3.05, 3.63) is 40.9 Å². The van der Waals surface area contributed by atoms with E-state index in [2.05, 4.69) is 17.4 Å². The fourth-order valence-corrected chi connectivity index (χ4v) is 2.87. The number of hydrogen-bond donors (Lipinski definition) is 1. The number of ether oxygens (including phenoxy) is 1. The highest BCUT2D eigenvalue weighted by molar-refractivity contribution is 6.27. The van der Waals surface area contributed by atoms with Gasteiger partial charge >= 0.3 is 5.97 Å². The summed E-state index contributed by atoms with van der Waals surface area (Å²) in [4.78, 5) is 11.8. The number of methoxy groups -OCH3 is 1. The second kappa shape index (κ2) is 7.46. The van der Waals surface area contributed by atoms with Crippen LogP contribution in [0.1, 0.15) is 17.5 Å². The van der Waals surface area contributed by atoms with Gasteiger partial charge in [0.1, 0.15) is 0 Å². The predicted molar refractivity (Wildman–Crippen MR) is 81.5 cm³/mol. The number of esters is 1. The SMILES string of the molecule is COC(=O)C1CNCCC1Cc1ccc(C=CCl)cc1. The van der Waals surface area contributed by atoms with E-state index in [-0.39, 0.29) is 11.9 Å². The van der Waals surface area contributed by atoms with E-state index in [1.807, 2.05) is 18.2 Å². The molecule has 0 bridgehead atoms. The maximum atomic E-state index is 11.8. The van der Waals surface area contributed by atoms with Crippen LogP contribution in [-0.2, 0) is 16.0 Å². The lowest BCUT2D eigenvalue weighted by Crippen LogP contribution is -2.42. The number of benzene rings is 1. The van der Waals surface area contributed by atoms with E-state index in [1.54, 1.807) is 0 Å². The van der Waals surface area contributed by atoms with Crippen molar-refractivity contribution in [2.45, 2.75) is 12.8 Å². The minimum Gasteiger partial charge on any atom is -0.469 e. The van der Waals surface area contributed by atoms with Crippen LogP contribution in [0.4, 0.5) is 0 Å². The van der Waals surface area contributed by atoms with Crippen molar-refractivity contribution in [1.29, 1.82) is 0 Å². The number of rotatable bonds is 4. The van der Waals surface area contributed by atoms with E-state index in [1.165, 1.54) is 18.2 Å². The van der Waals surface area contributed by atoms with E-state index in [9.17, 15) is 4.79 Å². The van der Waals surface area contributed by atoms with Gasteiger partial charge in [-0.15, -0.1) is 0 Å². The van der Waals surface area contributed by atoms with Gasteiger partial charge in [-0.3, -0.25) is 4.79 Å². The van der Waals surface area contributed by atoms with E-state index < -0.39 is 0 Å². The Kier molecular flexibility index (Phi) is 5.62. The summed E-state index contributed by atoms with van der Waals surface area (Å²) in [7, 11) is 1.46. The van der Waals surface area contributed by atoms with Gasteiger partial charge < -0.3 is 10.1 Å². The smallest absolute Gasteiger partial charge is 0.310 e. The quantitative estimate of drug-likeness (QED) is 0.868. The second-order valence-corrected chi connectivity index (χ2v) is 5.37. The highest BCUT2D eigenvalue weighted by Crippen LogP contribution is 2.25. The van der Waals surface area contributed by atoms with Gasteiger partial charge in [-0.2, -0.15) is 0 Å². The van der Waals surface area contributed by atoms with Crippen LogP contribution in [0.5, 0.6) is 0 Å². The van der Waals surface area contributed by atoms with Crippen molar-refractivity contribution < 1.29 is 9.53 Å². The van der Waals surface area contributed by atoms with Gasteiger partial charge in [0.05, 0.1) is 13.0 Å². The van der Waals surface area contributed by atoms with E-state index in [0.29, 0.717) is 12.5 Å². The maximum absolute atomic E-state index is 11.8. The summed E-state index contributed by atoms with van der Waals surface area (Å²) < 4.78 is 4.91. The fourth-order valence-electron chi connectivity index (χ4n) is 2.72. The molecular weight excluding hydrogens is 274 g/mol. The third kappa shape index (κ3) is 3.84. The Hall–Kier alpha value is -1.32. The normalized spacial score (nSPS) is 22.9. The van der Waals surface area contributed by atoms with Crippen LogP contribution in [0, 0.1) is 11.8 Å². The zero-order valence-electron chi connectivity index (χ0n) is 11.6. The highest BCUT2D eigenvalue weighted by atomic mass is 35.5. The molecule has 1 N–H and O–H groups in total. The minimum atomic E-state index is -0.108.